The molecule has 0 saturated carbocycles. The van der Waals surface area contributed by atoms with Gasteiger partial charge in [0.2, 0.25) is 0 Å². The number of para-hydroxylation sites is 3. The van der Waals surface area contributed by atoms with Crippen LogP contribution in [0, 0.1) is 0 Å². The van der Waals surface area contributed by atoms with E-state index in [2.05, 4.69) is 95.9 Å². The minimum absolute atomic E-state index is 0.291. The molecule has 2 heteroatoms. The van der Waals surface area contributed by atoms with E-state index in [0.29, 0.717) is 12.0 Å². The normalized spacial score (nSPS) is 19.8. The molecule has 1 aliphatic heterocycles. The fourth-order valence-corrected chi connectivity index (χ4v) is 4.69. The first-order valence-corrected chi connectivity index (χ1v) is 9.70. The van der Waals surface area contributed by atoms with Crippen LogP contribution >= 0.6 is 0 Å². The van der Waals surface area contributed by atoms with Crippen LogP contribution in [0.5, 0.6) is 0 Å². The molecule has 0 spiro atoms. The number of rotatable bonds is 2. The number of hydrogen-bond donors (Lipinski definition) is 0. The molecule has 0 radical (unpaired) electrons. The highest BCUT2D eigenvalue weighted by Crippen LogP contribution is 2.52. The molecule has 0 bridgehead atoms. The smallest absolute Gasteiger partial charge is 0.141 e. The standard InChI is InChI=1S/C26H19NO/c1-2-9-19(10-3-1)27-24-15-5-4-11-20(24)21-12-7-13-22(25(21)27)23-14-6-8-18-16-17-28-26(18)23/h1-17,20,24H. The van der Waals surface area contributed by atoms with Crippen molar-refractivity contribution in [3.63, 3.8) is 0 Å². The highest BCUT2D eigenvalue weighted by atomic mass is 16.3. The van der Waals surface area contributed by atoms with Gasteiger partial charge in [0, 0.05) is 28.1 Å². The SMILES string of the molecule is C1=CC2c3cccc(-c4cccc5ccoc45)c3N(c3ccccc3)C2C=C1. The lowest BCUT2D eigenvalue weighted by Crippen LogP contribution is -2.28. The monoisotopic (exact) mass is 361 g/mol. The molecule has 4 aromatic rings. The molecule has 2 nitrogen and oxygen atoms in total. The Labute approximate surface area is 164 Å². The molecule has 28 heavy (non-hydrogen) atoms. The molecule has 2 unspecified atom stereocenters. The quantitative estimate of drug-likeness (QED) is 0.389. The Morgan fingerprint density at radius 3 is 2.46 bits per heavy atom. The molecule has 2 heterocycles. The summed E-state index contributed by atoms with van der Waals surface area (Å²) in [7, 11) is 0. The number of anilines is 2. The Balaban J connectivity index is 1.65. The van der Waals surface area contributed by atoms with E-state index in [1.54, 1.807) is 6.26 Å². The lowest BCUT2D eigenvalue weighted by Gasteiger charge is -2.29. The number of hydrogen-bond acceptors (Lipinski definition) is 2. The Bertz CT molecular complexity index is 1230. The van der Waals surface area contributed by atoms with Gasteiger partial charge in [-0.15, -0.1) is 0 Å². The number of fused-ring (bicyclic) bond motifs is 4. The van der Waals surface area contributed by atoms with E-state index >= 15 is 0 Å². The molecule has 6 rings (SSSR count). The molecule has 2 atom stereocenters. The summed E-state index contributed by atoms with van der Waals surface area (Å²) in [6, 6.07) is 26.1. The predicted octanol–water partition coefficient (Wildman–Crippen LogP) is 6.83. The molecule has 0 N–H and O–H groups in total. The summed E-state index contributed by atoms with van der Waals surface area (Å²) in [5.74, 6) is 0.357. The lowest BCUT2D eigenvalue weighted by molar-refractivity contribution is 0.617. The molecule has 2 aliphatic rings. The zero-order valence-electron chi connectivity index (χ0n) is 15.3. The summed E-state index contributed by atoms with van der Waals surface area (Å²) >= 11 is 0. The van der Waals surface area contributed by atoms with Crippen LogP contribution in [0.15, 0.2) is 108 Å². The average Bonchev–Trinajstić information content (AvgIpc) is 3.37. The average molecular weight is 361 g/mol. The minimum Gasteiger partial charge on any atom is -0.464 e. The molecular weight excluding hydrogens is 342 g/mol. The molecule has 1 aromatic heterocycles. The van der Waals surface area contributed by atoms with Crippen LogP contribution in [0.2, 0.25) is 0 Å². The summed E-state index contributed by atoms with van der Waals surface area (Å²) in [5.41, 5.74) is 7.18. The molecule has 3 aromatic carbocycles. The largest absolute Gasteiger partial charge is 0.464 e. The van der Waals surface area contributed by atoms with Crippen molar-refractivity contribution in [2.45, 2.75) is 12.0 Å². The van der Waals surface area contributed by atoms with E-state index in [1.165, 1.54) is 22.5 Å². The van der Waals surface area contributed by atoms with Crippen LogP contribution < -0.4 is 4.90 Å². The predicted molar refractivity (Wildman–Crippen MR) is 115 cm³/mol. The first-order valence-electron chi connectivity index (χ1n) is 9.70. The van der Waals surface area contributed by atoms with Crippen molar-refractivity contribution in [1.82, 2.24) is 0 Å². The highest BCUT2D eigenvalue weighted by molar-refractivity contribution is 5.99. The van der Waals surface area contributed by atoms with Gasteiger partial charge in [0.05, 0.1) is 18.0 Å². The van der Waals surface area contributed by atoms with Crippen LogP contribution in [-0.4, -0.2) is 6.04 Å². The van der Waals surface area contributed by atoms with Gasteiger partial charge < -0.3 is 9.32 Å². The molecular formula is C26H19NO. The van der Waals surface area contributed by atoms with Crippen LogP contribution in [0.3, 0.4) is 0 Å². The zero-order valence-corrected chi connectivity index (χ0v) is 15.3. The van der Waals surface area contributed by atoms with Crippen molar-refractivity contribution >= 4 is 22.3 Å². The maximum Gasteiger partial charge on any atom is 0.141 e. The van der Waals surface area contributed by atoms with Gasteiger partial charge in [-0.3, -0.25) is 0 Å². The Morgan fingerprint density at radius 1 is 0.714 bits per heavy atom. The minimum atomic E-state index is 0.291. The van der Waals surface area contributed by atoms with E-state index in [4.69, 9.17) is 4.42 Å². The maximum absolute atomic E-state index is 5.88. The van der Waals surface area contributed by atoms with E-state index in [0.717, 1.165) is 16.5 Å². The molecule has 134 valence electrons. The lowest BCUT2D eigenvalue weighted by atomic mass is 9.90. The summed E-state index contributed by atoms with van der Waals surface area (Å²) in [4.78, 5) is 2.48. The van der Waals surface area contributed by atoms with Gasteiger partial charge in [-0.25, -0.2) is 0 Å². The summed E-state index contributed by atoms with van der Waals surface area (Å²) in [6.45, 7) is 0. The maximum atomic E-state index is 5.88. The van der Waals surface area contributed by atoms with E-state index in [9.17, 15) is 0 Å². The van der Waals surface area contributed by atoms with E-state index in [-0.39, 0.29) is 0 Å². The van der Waals surface area contributed by atoms with Gasteiger partial charge in [0.15, 0.2) is 0 Å². The summed E-state index contributed by atoms with van der Waals surface area (Å²) < 4.78 is 5.88. The second kappa shape index (κ2) is 6.00. The zero-order chi connectivity index (χ0) is 18.5. The summed E-state index contributed by atoms with van der Waals surface area (Å²) in [6.07, 6.45) is 10.7. The topological polar surface area (TPSA) is 16.4 Å². The van der Waals surface area contributed by atoms with Crippen molar-refractivity contribution < 1.29 is 4.42 Å². The van der Waals surface area contributed by atoms with Gasteiger partial charge in [-0.2, -0.15) is 0 Å². The first kappa shape index (κ1) is 15.5. The third-order valence-electron chi connectivity index (χ3n) is 5.87. The number of furan rings is 1. The Hall–Kier alpha value is -3.52. The van der Waals surface area contributed by atoms with Crippen molar-refractivity contribution in [1.29, 1.82) is 0 Å². The fourth-order valence-electron chi connectivity index (χ4n) is 4.69. The van der Waals surface area contributed by atoms with E-state index < -0.39 is 0 Å². The second-order valence-electron chi connectivity index (χ2n) is 7.38. The van der Waals surface area contributed by atoms with E-state index in [1.807, 2.05) is 6.07 Å². The van der Waals surface area contributed by atoms with Gasteiger partial charge in [-0.1, -0.05) is 78.9 Å². The van der Waals surface area contributed by atoms with Crippen molar-refractivity contribution in [2.75, 3.05) is 4.90 Å². The van der Waals surface area contributed by atoms with Gasteiger partial charge in [0.25, 0.3) is 0 Å². The van der Waals surface area contributed by atoms with Crippen LogP contribution in [0.25, 0.3) is 22.1 Å². The van der Waals surface area contributed by atoms with Crippen molar-refractivity contribution in [2.24, 2.45) is 0 Å². The Morgan fingerprint density at radius 2 is 1.54 bits per heavy atom. The number of allylic oxidation sites excluding steroid dienone is 2. The third kappa shape index (κ3) is 2.15. The third-order valence-corrected chi connectivity index (χ3v) is 5.87. The van der Waals surface area contributed by atoms with Gasteiger partial charge in [-0.05, 0) is 23.8 Å². The molecule has 0 amide bonds. The molecule has 0 fully saturated rings. The molecule has 1 aliphatic carbocycles. The summed E-state index contributed by atoms with van der Waals surface area (Å²) in [5, 5.41) is 1.14. The number of benzene rings is 3. The van der Waals surface area contributed by atoms with Gasteiger partial charge in [0.1, 0.15) is 5.58 Å². The number of nitrogens with zero attached hydrogens (tertiary/aromatic N) is 1. The second-order valence-corrected chi connectivity index (χ2v) is 7.38. The highest BCUT2D eigenvalue weighted by Gasteiger charge is 2.39. The van der Waals surface area contributed by atoms with Crippen molar-refractivity contribution in [3.05, 3.63) is 109 Å². The van der Waals surface area contributed by atoms with Crippen molar-refractivity contribution in [3.8, 4) is 11.1 Å². The van der Waals surface area contributed by atoms with Crippen LogP contribution in [0.1, 0.15) is 11.5 Å². The first-order chi connectivity index (χ1) is 13.9. The van der Waals surface area contributed by atoms with Gasteiger partial charge >= 0.3 is 0 Å². The van der Waals surface area contributed by atoms with Crippen LogP contribution in [0.4, 0.5) is 11.4 Å². The molecule has 0 saturated heterocycles. The fraction of sp³-hybridized carbons (Fsp3) is 0.0769. The van der Waals surface area contributed by atoms with Crippen LogP contribution in [-0.2, 0) is 0 Å². The Kier molecular flexibility index (Phi) is 3.33.